The fourth-order valence-corrected chi connectivity index (χ4v) is 16.5. The van der Waals surface area contributed by atoms with Crippen molar-refractivity contribution in [2.24, 2.45) is 0 Å². The van der Waals surface area contributed by atoms with Crippen LogP contribution in [0.15, 0.2) is 204 Å². The van der Waals surface area contributed by atoms with E-state index in [1.54, 1.807) is 82.7 Å². The van der Waals surface area contributed by atoms with Gasteiger partial charge in [-0.3, -0.25) is 33.6 Å². The van der Waals surface area contributed by atoms with Crippen LogP contribution in [0.3, 0.4) is 0 Å². The van der Waals surface area contributed by atoms with Gasteiger partial charge in [-0.2, -0.15) is 0 Å². The Morgan fingerprint density at radius 3 is 0.764 bits per heavy atom. The van der Waals surface area contributed by atoms with Crippen LogP contribution >= 0.6 is 152 Å². The van der Waals surface area contributed by atoms with Gasteiger partial charge in [0, 0.05) is 99.3 Å². The van der Waals surface area contributed by atoms with E-state index in [4.69, 9.17) is 110 Å². The minimum absolute atomic E-state index is 0.220. The van der Waals surface area contributed by atoms with E-state index in [1.807, 2.05) is 169 Å². The van der Waals surface area contributed by atoms with Gasteiger partial charge in [-0.25, -0.2) is 0 Å². The summed E-state index contributed by atoms with van der Waals surface area (Å²) in [5, 5.41) is 72.8. The summed E-state index contributed by atoms with van der Waals surface area (Å²) in [5.41, 5.74) is 0. The number of rotatable bonds is 47. The summed E-state index contributed by atoms with van der Waals surface area (Å²) in [7, 11) is 0. The molecule has 0 atom stereocenters. The smallest absolute Gasteiger partial charge is 0.303 e. The monoisotopic (exact) mass is 1760 g/mol. The summed E-state index contributed by atoms with van der Waals surface area (Å²) in [6.07, 6.45) is 20.0. The summed E-state index contributed by atoms with van der Waals surface area (Å²) in [6.45, 7) is 0. The third kappa shape index (κ3) is 65.2. The third-order valence-corrected chi connectivity index (χ3v) is 24.0. The van der Waals surface area contributed by atoms with Gasteiger partial charge in [-0.05, 0) is 244 Å². The molecule has 0 aliphatic heterocycles. The van der Waals surface area contributed by atoms with Gasteiger partial charge in [0.2, 0.25) is 0 Å². The van der Waals surface area contributed by atoms with Crippen molar-refractivity contribution >= 4 is 194 Å². The zero-order valence-corrected chi connectivity index (χ0v) is 71.8. The highest BCUT2D eigenvalue weighted by atomic mass is 35.5. The lowest BCUT2D eigenvalue weighted by Crippen LogP contribution is -1.94. The number of carboxylic acid groups (broad SMARTS) is 7. The molecular formula is C82H102Cl6O15S7. The van der Waals surface area contributed by atoms with E-state index in [2.05, 4.69) is 0 Å². The van der Waals surface area contributed by atoms with Gasteiger partial charge in [-0.15, -0.1) is 82.3 Å². The van der Waals surface area contributed by atoms with Crippen molar-refractivity contribution < 1.29 is 74.4 Å². The molecule has 0 unspecified atom stereocenters. The van der Waals surface area contributed by atoms with Crippen molar-refractivity contribution in [1.29, 1.82) is 0 Å². The number of aliphatic carboxylic acids is 7. The number of unbranched alkanes of at least 4 members (excludes halogenated alkanes) is 12. The van der Waals surface area contributed by atoms with Crippen LogP contribution < -0.4 is 0 Å². The predicted octanol–water partition coefficient (Wildman–Crippen LogP) is 26.8. The standard InChI is InChI=1S/2C14H19ClO2S.C12H15ClO2S.C12H16O3S.3C10H11ClO2S/c15-12-8-5-6-9-13(12)18-11-7-3-1-2-4-10-14(16)17;15-12-7-9-13(10-8-12)18-11-5-3-1-2-4-6-14(16)17;13-10-5-4-6-11(9-10)16-8-3-1-2-7-12(14)15;13-10-5-7-11(8-6-10)16-9-3-1-2-4-12(14)15;11-8-3-1-4-9(7-8)14-6-2-5-10(12)13;11-8-3-5-9(6-4-8)14-7-1-2-10(12)13;11-8-4-1-2-5-9(8)14-7-3-6-10(12)13/h5-6,8-9H,1-4,7,10-11H2,(H,16,17);7-10H,1-6,11H2,(H,16,17);4-6,9H,1-3,7-8H2,(H,14,15);5-8,13H,1-4,9H2,(H,14,15);1,3-4,7H,2,5-6H2,(H,12,13);3-6H,1-2,7H2,(H,12,13);1-2,4-5H,3,6-7H2,(H,12,13). The largest absolute Gasteiger partial charge is 0.508 e. The molecule has 0 aromatic heterocycles. The second-order valence-corrected chi connectivity index (χ2v) is 34.5. The molecule has 0 amide bonds. The first-order valence-corrected chi connectivity index (χ1v) is 45.2. The predicted molar refractivity (Wildman–Crippen MR) is 465 cm³/mol. The molecule has 110 heavy (non-hydrogen) atoms. The van der Waals surface area contributed by atoms with E-state index in [-0.39, 0.29) is 37.9 Å². The summed E-state index contributed by atoms with van der Waals surface area (Å²) in [4.78, 5) is 79.8. The highest BCUT2D eigenvalue weighted by Gasteiger charge is 2.07. The van der Waals surface area contributed by atoms with E-state index in [1.165, 1.54) is 22.6 Å². The normalized spacial score (nSPS) is 10.3. The maximum Gasteiger partial charge on any atom is 0.303 e. The molecule has 15 nitrogen and oxygen atoms in total. The first kappa shape index (κ1) is 103. The van der Waals surface area contributed by atoms with Crippen molar-refractivity contribution in [3.05, 3.63) is 200 Å². The molecule has 0 bridgehead atoms. The Labute approximate surface area is 709 Å². The summed E-state index contributed by atoms with van der Waals surface area (Å²) < 4.78 is 0. The van der Waals surface area contributed by atoms with Crippen LogP contribution in [0, 0.1) is 0 Å². The molecule has 8 N–H and O–H groups in total. The van der Waals surface area contributed by atoms with Gasteiger partial charge >= 0.3 is 41.8 Å². The van der Waals surface area contributed by atoms with Crippen molar-refractivity contribution in [3.63, 3.8) is 0 Å². The third-order valence-electron chi connectivity index (χ3n) is 14.3. The number of carboxylic acids is 7. The fourth-order valence-electron chi connectivity index (χ4n) is 8.75. The van der Waals surface area contributed by atoms with E-state index >= 15 is 0 Å². The second-order valence-electron chi connectivity index (χ2n) is 23.8. The van der Waals surface area contributed by atoms with Crippen LogP contribution in [0.2, 0.25) is 30.1 Å². The second kappa shape index (κ2) is 69.3. The van der Waals surface area contributed by atoms with E-state index in [9.17, 15) is 33.6 Å². The number of hydrogen-bond acceptors (Lipinski definition) is 15. The molecule has 0 fully saturated rings. The quantitative estimate of drug-likeness (QED) is 0.0130. The Kier molecular flexibility index (Phi) is 64.8. The first-order valence-electron chi connectivity index (χ1n) is 36.0. The lowest BCUT2D eigenvalue weighted by molar-refractivity contribution is -0.138. The Balaban J connectivity index is 0.000000643. The zero-order chi connectivity index (χ0) is 81.2. The average molecular weight is 1760 g/mol. The van der Waals surface area contributed by atoms with Crippen LogP contribution in [-0.2, 0) is 33.6 Å². The number of aromatic hydroxyl groups is 1. The van der Waals surface area contributed by atoms with Crippen LogP contribution in [0.5, 0.6) is 5.75 Å². The number of phenols is 1. The Hall–Kier alpha value is -5.18. The molecule has 0 saturated heterocycles. The number of thioether (sulfide) groups is 7. The lowest BCUT2D eigenvalue weighted by atomic mass is 10.1. The van der Waals surface area contributed by atoms with Crippen molar-refractivity contribution in [1.82, 2.24) is 0 Å². The highest BCUT2D eigenvalue weighted by Crippen LogP contribution is 2.31. The Bertz CT molecular complexity index is 3630. The summed E-state index contributed by atoms with van der Waals surface area (Å²) in [6, 6.07) is 53.4. The molecular weight excluding hydrogens is 1660 g/mol. The van der Waals surface area contributed by atoms with Gasteiger partial charge in [0.15, 0.2) is 0 Å². The molecule has 0 radical (unpaired) electrons. The van der Waals surface area contributed by atoms with Crippen molar-refractivity contribution in [2.45, 2.75) is 201 Å². The molecule has 0 heterocycles. The van der Waals surface area contributed by atoms with E-state index in [0.29, 0.717) is 37.1 Å². The molecule has 0 aliphatic rings. The van der Waals surface area contributed by atoms with Gasteiger partial charge in [0.05, 0.1) is 10.0 Å². The van der Waals surface area contributed by atoms with E-state index in [0.717, 1.165) is 180 Å². The lowest BCUT2D eigenvalue weighted by Gasteiger charge is -2.03. The molecule has 604 valence electrons. The molecule has 0 saturated carbocycles. The Morgan fingerprint density at radius 2 is 0.464 bits per heavy atom. The topological polar surface area (TPSA) is 281 Å². The van der Waals surface area contributed by atoms with Crippen LogP contribution in [0.25, 0.3) is 0 Å². The van der Waals surface area contributed by atoms with Gasteiger partial charge < -0.3 is 40.9 Å². The molecule has 7 aromatic rings. The number of hydrogen-bond donors (Lipinski definition) is 8. The molecule has 28 heteroatoms. The van der Waals surface area contributed by atoms with Crippen LogP contribution in [0.4, 0.5) is 0 Å². The molecule has 0 spiro atoms. The Morgan fingerprint density at radius 1 is 0.227 bits per heavy atom. The summed E-state index contributed by atoms with van der Waals surface area (Å²) >= 11 is 47.2. The zero-order valence-electron chi connectivity index (χ0n) is 61.6. The van der Waals surface area contributed by atoms with Crippen molar-refractivity contribution in [3.8, 4) is 5.75 Å². The maximum atomic E-state index is 10.3. The van der Waals surface area contributed by atoms with Gasteiger partial charge in [0.1, 0.15) is 5.75 Å². The number of phenolic OH excluding ortho intramolecular Hbond substituents is 1. The van der Waals surface area contributed by atoms with Crippen molar-refractivity contribution in [2.75, 3.05) is 40.3 Å². The number of halogens is 6. The number of carbonyl (C=O) groups is 7. The highest BCUT2D eigenvalue weighted by molar-refractivity contribution is 8.00. The number of benzene rings is 7. The maximum absolute atomic E-state index is 10.3. The molecule has 7 rings (SSSR count). The SMILES string of the molecule is O=C(O)CCCCCCCSc1ccc(Cl)cc1.O=C(O)CCCCCCCSc1ccccc1Cl.O=C(O)CCCCCSc1ccc(O)cc1.O=C(O)CCCCCSc1cccc(Cl)c1.O=C(O)CCCSc1ccc(Cl)cc1.O=C(O)CCCSc1cccc(Cl)c1.O=C(O)CCCSc1ccccc1Cl. The summed E-state index contributed by atoms with van der Waals surface area (Å²) in [5.74, 6) is 1.88. The van der Waals surface area contributed by atoms with Gasteiger partial charge in [-0.1, -0.05) is 157 Å². The minimum atomic E-state index is -0.746. The average Bonchev–Trinajstić information content (AvgIpc) is 0.957. The van der Waals surface area contributed by atoms with E-state index < -0.39 is 41.8 Å². The minimum Gasteiger partial charge on any atom is -0.508 e. The fraction of sp³-hybridized carbons (Fsp3) is 0.402. The van der Waals surface area contributed by atoms with Crippen LogP contribution in [0.1, 0.15) is 167 Å². The first-order chi connectivity index (χ1) is 52.8. The molecule has 0 aliphatic carbocycles. The van der Waals surface area contributed by atoms with Crippen LogP contribution in [-0.4, -0.2) is 123 Å². The molecule has 7 aromatic carbocycles. The van der Waals surface area contributed by atoms with Gasteiger partial charge in [0.25, 0.3) is 0 Å².